The van der Waals surface area contributed by atoms with Crippen LogP contribution in [0.25, 0.3) is 0 Å². The molecule has 0 aliphatic carbocycles. The average molecular weight is 454 g/mol. The maximum absolute atomic E-state index is 4.92. The first-order valence-electron chi connectivity index (χ1n) is 7.95. The van der Waals surface area contributed by atoms with Crippen molar-refractivity contribution in [2.24, 2.45) is 9.98 Å². The zero-order valence-electron chi connectivity index (χ0n) is 13.3. The van der Waals surface area contributed by atoms with Gasteiger partial charge < -0.3 is 0 Å². The highest BCUT2D eigenvalue weighted by Crippen LogP contribution is 2.33. The Morgan fingerprint density at radius 1 is 0.600 bits per heavy atom. The molecule has 0 bridgehead atoms. The largest absolute Gasteiger partial charge is 0.250 e. The summed E-state index contributed by atoms with van der Waals surface area (Å²) in [5, 5.41) is 0. The van der Waals surface area contributed by atoms with E-state index in [0.29, 0.717) is 6.42 Å². The number of rotatable bonds is 2. The fourth-order valence-corrected chi connectivity index (χ4v) is 3.65. The third-order valence-corrected chi connectivity index (χ3v) is 5.03. The van der Waals surface area contributed by atoms with Crippen LogP contribution in [0.1, 0.15) is 17.5 Å². The Balaban J connectivity index is 1.88. The number of nitrogens with zero attached hydrogens (tertiary/aromatic N) is 2. The summed E-state index contributed by atoms with van der Waals surface area (Å²) in [6, 6.07) is 24.5. The van der Waals surface area contributed by atoms with E-state index in [-0.39, 0.29) is 0 Å². The summed E-state index contributed by atoms with van der Waals surface area (Å²) in [5.41, 5.74) is 6.06. The molecule has 0 fully saturated rings. The van der Waals surface area contributed by atoms with Gasteiger partial charge in [-0.25, -0.2) is 0 Å². The fraction of sp³-hybridized carbons (Fsp3) is 0.0476. The summed E-state index contributed by atoms with van der Waals surface area (Å²) < 4.78 is 2.09. The molecule has 2 nitrogen and oxygen atoms in total. The molecule has 0 unspecified atom stereocenters. The standard InChI is InChI=1S/C21H14Br2N2/c22-16-7-3-5-14(11-16)20-13-21(15-6-4-8-17(23)12-15)25-19-10-2-1-9-18(19)24-20/h1-12H,13H2. The van der Waals surface area contributed by atoms with Gasteiger partial charge in [0.05, 0.1) is 22.8 Å². The molecule has 4 heteroatoms. The van der Waals surface area contributed by atoms with Gasteiger partial charge in [0, 0.05) is 15.4 Å². The molecule has 0 saturated heterocycles. The lowest BCUT2D eigenvalue weighted by Gasteiger charge is -2.09. The van der Waals surface area contributed by atoms with Gasteiger partial charge in [0.15, 0.2) is 0 Å². The van der Waals surface area contributed by atoms with Gasteiger partial charge in [-0.3, -0.25) is 9.98 Å². The quantitative estimate of drug-likeness (QED) is 0.405. The minimum Gasteiger partial charge on any atom is -0.250 e. The Hall–Kier alpha value is -2.04. The highest BCUT2D eigenvalue weighted by atomic mass is 79.9. The maximum atomic E-state index is 4.92. The molecular formula is C21H14Br2N2. The number of hydrogen-bond acceptors (Lipinski definition) is 2. The Kier molecular flexibility index (Phi) is 4.64. The monoisotopic (exact) mass is 452 g/mol. The number of fused-ring (bicyclic) bond motifs is 1. The Labute approximate surface area is 163 Å². The van der Waals surface area contributed by atoms with Crippen LogP contribution >= 0.6 is 31.9 Å². The molecule has 1 heterocycles. The van der Waals surface area contributed by atoms with E-state index in [1.54, 1.807) is 0 Å². The predicted octanol–water partition coefficient (Wildman–Crippen LogP) is 6.86. The molecule has 0 spiro atoms. The van der Waals surface area contributed by atoms with E-state index in [2.05, 4.69) is 56.1 Å². The zero-order valence-corrected chi connectivity index (χ0v) is 16.5. The number of aliphatic imine (C=N–C) groups is 2. The summed E-state index contributed by atoms with van der Waals surface area (Å²) in [6.07, 6.45) is 0.682. The molecule has 122 valence electrons. The Bertz CT molecular complexity index is 926. The zero-order chi connectivity index (χ0) is 17.2. The van der Waals surface area contributed by atoms with Gasteiger partial charge in [0.1, 0.15) is 0 Å². The van der Waals surface area contributed by atoms with Gasteiger partial charge in [-0.05, 0) is 47.5 Å². The van der Waals surface area contributed by atoms with E-state index in [0.717, 1.165) is 42.9 Å². The van der Waals surface area contributed by atoms with E-state index >= 15 is 0 Å². The molecule has 1 aliphatic heterocycles. The smallest absolute Gasteiger partial charge is 0.0889 e. The van der Waals surface area contributed by atoms with E-state index in [1.807, 2.05) is 48.5 Å². The molecule has 3 aromatic rings. The maximum Gasteiger partial charge on any atom is 0.0889 e. The first-order valence-corrected chi connectivity index (χ1v) is 9.54. The lowest BCUT2D eigenvalue weighted by atomic mass is 10.00. The van der Waals surface area contributed by atoms with Crippen molar-refractivity contribution in [2.75, 3.05) is 0 Å². The third-order valence-electron chi connectivity index (χ3n) is 4.04. The second-order valence-electron chi connectivity index (χ2n) is 5.80. The fourth-order valence-electron chi connectivity index (χ4n) is 2.85. The van der Waals surface area contributed by atoms with Crippen LogP contribution in [0.2, 0.25) is 0 Å². The Morgan fingerprint density at radius 2 is 1.08 bits per heavy atom. The summed E-state index contributed by atoms with van der Waals surface area (Å²) in [5.74, 6) is 0. The van der Waals surface area contributed by atoms with Crippen LogP contribution < -0.4 is 0 Å². The second-order valence-corrected chi connectivity index (χ2v) is 7.63. The van der Waals surface area contributed by atoms with Crippen molar-refractivity contribution < 1.29 is 0 Å². The van der Waals surface area contributed by atoms with Crippen LogP contribution in [0.4, 0.5) is 11.4 Å². The van der Waals surface area contributed by atoms with Gasteiger partial charge >= 0.3 is 0 Å². The molecule has 4 rings (SSSR count). The van der Waals surface area contributed by atoms with E-state index in [4.69, 9.17) is 9.98 Å². The van der Waals surface area contributed by atoms with Gasteiger partial charge in [-0.1, -0.05) is 68.3 Å². The number of para-hydroxylation sites is 2. The molecule has 0 aromatic heterocycles. The average Bonchev–Trinajstić information content (AvgIpc) is 2.81. The van der Waals surface area contributed by atoms with Crippen molar-refractivity contribution in [3.63, 3.8) is 0 Å². The molecule has 25 heavy (non-hydrogen) atoms. The SMILES string of the molecule is Brc1cccc(C2=Nc3ccccc3N=C(c3cccc(Br)c3)C2)c1. The minimum atomic E-state index is 0.682. The van der Waals surface area contributed by atoms with Crippen LogP contribution in [-0.4, -0.2) is 11.4 Å². The summed E-state index contributed by atoms with van der Waals surface area (Å²) >= 11 is 7.12. The lowest BCUT2D eigenvalue weighted by Crippen LogP contribution is -2.09. The van der Waals surface area contributed by atoms with Gasteiger partial charge in [0.2, 0.25) is 0 Å². The summed E-state index contributed by atoms with van der Waals surface area (Å²) in [6.45, 7) is 0. The van der Waals surface area contributed by atoms with E-state index in [9.17, 15) is 0 Å². The van der Waals surface area contributed by atoms with Crippen molar-refractivity contribution in [3.05, 3.63) is 92.9 Å². The molecule has 1 aliphatic rings. The highest BCUT2D eigenvalue weighted by molar-refractivity contribution is 9.10. The van der Waals surface area contributed by atoms with Gasteiger partial charge in [-0.2, -0.15) is 0 Å². The van der Waals surface area contributed by atoms with Crippen molar-refractivity contribution in [1.82, 2.24) is 0 Å². The van der Waals surface area contributed by atoms with Crippen molar-refractivity contribution in [2.45, 2.75) is 6.42 Å². The van der Waals surface area contributed by atoms with E-state index < -0.39 is 0 Å². The van der Waals surface area contributed by atoms with Crippen LogP contribution in [0.15, 0.2) is 91.7 Å². The highest BCUT2D eigenvalue weighted by Gasteiger charge is 2.16. The topological polar surface area (TPSA) is 24.7 Å². The molecule has 0 radical (unpaired) electrons. The van der Waals surface area contributed by atoms with Crippen LogP contribution in [0, 0.1) is 0 Å². The van der Waals surface area contributed by atoms with Crippen molar-refractivity contribution in [1.29, 1.82) is 0 Å². The lowest BCUT2D eigenvalue weighted by molar-refractivity contribution is 1.43. The normalized spacial score (nSPS) is 13.5. The third kappa shape index (κ3) is 3.65. The van der Waals surface area contributed by atoms with Gasteiger partial charge in [-0.15, -0.1) is 0 Å². The molecule has 0 atom stereocenters. The second kappa shape index (κ2) is 7.06. The molecular weight excluding hydrogens is 440 g/mol. The predicted molar refractivity (Wildman–Crippen MR) is 112 cm³/mol. The van der Waals surface area contributed by atoms with Gasteiger partial charge in [0.25, 0.3) is 0 Å². The molecule has 0 saturated carbocycles. The molecule has 0 amide bonds. The Morgan fingerprint density at radius 3 is 1.52 bits per heavy atom. The number of halogens is 2. The number of hydrogen-bond donors (Lipinski definition) is 0. The summed E-state index contributed by atoms with van der Waals surface area (Å²) in [4.78, 5) is 9.84. The van der Waals surface area contributed by atoms with Crippen LogP contribution in [0.5, 0.6) is 0 Å². The first kappa shape index (κ1) is 16.4. The molecule has 0 N–H and O–H groups in total. The molecule has 3 aromatic carbocycles. The number of benzene rings is 3. The van der Waals surface area contributed by atoms with Crippen molar-refractivity contribution in [3.8, 4) is 0 Å². The first-order chi connectivity index (χ1) is 12.2. The summed E-state index contributed by atoms with van der Waals surface area (Å²) in [7, 11) is 0. The van der Waals surface area contributed by atoms with E-state index in [1.165, 1.54) is 0 Å². The van der Waals surface area contributed by atoms with Crippen LogP contribution in [0.3, 0.4) is 0 Å². The van der Waals surface area contributed by atoms with Crippen molar-refractivity contribution >= 4 is 54.7 Å². The van der Waals surface area contributed by atoms with Crippen LogP contribution in [-0.2, 0) is 0 Å². The minimum absolute atomic E-state index is 0.682.